The Morgan fingerprint density at radius 1 is 1.39 bits per heavy atom. The Morgan fingerprint density at radius 2 is 2.17 bits per heavy atom. The first-order chi connectivity index (χ1) is 8.51. The molecule has 1 N–H and O–H groups in total. The molecule has 0 bridgehead atoms. The highest BCUT2D eigenvalue weighted by Gasteiger charge is 2.27. The van der Waals surface area contributed by atoms with Crippen molar-refractivity contribution in [2.75, 3.05) is 39.4 Å². The number of rotatable bonds is 7. The van der Waals surface area contributed by atoms with Crippen LogP contribution in [-0.4, -0.2) is 56.5 Å². The molecular weight excluding hydrogens is 245 g/mol. The summed E-state index contributed by atoms with van der Waals surface area (Å²) in [7, 11) is 0. The maximum atomic E-state index is 11.8. The van der Waals surface area contributed by atoms with Crippen molar-refractivity contribution in [1.82, 2.24) is 10.2 Å². The second kappa shape index (κ2) is 7.96. The highest BCUT2D eigenvalue weighted by atomic mass is 19.4. The smallest absolute Gasteiger partial charge is 0.372 e. The van der Waals surface area contributed by atoms with E-state index in [-0.39, 0.29) is 6.61 Å². The zero-order chi connectivity index (χ0) is 13.4. The van der Waals surface area contributed by atoms with Gasteiger partial charge in [-0.15, -0.1) is 0 Å². The van der Waals surface area contributed by atoms with Crippen LogP contribution >= 0.6 is 0 Å². The Hall–Kier alpha value is -0.330. The SMILES string of the molecule is CCCC1CN(CCCOCC(F)(F)F)CCN1. The van der Waals surface area contributed by atoms with Crippen LogP contribution in [0.4, 0.5) is 13.2 Å². The molecule has 1 fully saturated rings. The number of nitrogens with one attached hydrogen (secondary N) is 1. The van der Waals surface area contributed by atoms with Gasteiger partial charge in [0.25, 0.3) is 0 Å². The number of piperazine rings is 1. The standard InChI is InChI=1S/C12H23F3N2O/c1-2-4-11-9-17(7-5-16-11)6-3-8-18-10-12(13,14)15/h11,16H,2-10H2,1H3. The van der Waals surface area contributed by atoms with E-state index in [4.69, 9.17) is 0 Å². The van der Waals surface area contributed by atoms with Crippen LogP contribution in [0.15, 0.2) is 0 Å². The lowest BCUT2D eigenvalue weighted by Gasteiger charge is -2.33. The molecule has 1 atom stereocenters. The molecule has 0 saturated carbocycles. The van der Waals surface area contributed by atoms with Gasteiger partial charge in [0, 0.05) is 38.8 Å². The van der Waals surface area contributed by atoms with Crippen LogP contribution in [-0.2, 0) is 4.74 Å². The summed E-state index contributed by atoms with van der Waals surface area (Å²) in [5, 5.41) is 3.45. The molecule has 0 amide bonds. The van der Waals surface area contributed by atoms with Crippen molar-refractivity contribution in [3.63, 3.8) is 0 Å². The normalized spacial score (nSPS) is 22.3. The van der Waals surface area contributed by atoms with Gasteiger partial charge in [0.15, 0.2) is 0 Å². The van der Waals surface area contributed by atoms with Gasteiger partial charge < -0.3 is 15.0 Å². The second-order valence-corrected chi connectivity index (χ2v) is 4.76. The molecule has 6 heteroatoms. The van der Waals surface area contributed by atoms with Gasteiger partial charge in [-0.05, 0) is 12.8 Å². The molecule has 1 saturated heterocycles. The summed E-state index contributed by atoms with van der Waals surface area (Å²) in [6.45, 7) is 4.96. The molecule has 1 heterocycles. The maximum Gasteiger partial charge on any atom is 0.411 e. The van der Waals surface area contributed by atoms with Crippen LogP contribution in [0.5, 0.6) is 0 Å². The molecule has 0 spiro atoms. The fourth-order valence-corrected chi connectivity index (χ4v) is 2.22. The van der Waals surface area contributed by atoms with Crippen LogP contribution in [0.25, 0.3) is 0 Å². The lowest BCUT2D eigenvalue weighted by molar-refractivity contribution is -0.174. The van der Waals surface area contributed by atoms with Gasteiger partial charge in [-0.1, -0.05) is 13.3 Å². The summed E-state index contributed by atoms with van der Waals surface area (Å²) < 4.78 is 40.1. The van der Waals surface area contributed by atoms with E-state index >= 15 is 0 Å². The van der Waals surface area contributed by atoms with Crippen LogP contribution in [0.2, 0.25) is 0 Å². The molecule has 1 aliphatic heterocycles. The van der Waals surface area contributed by atoms with Crippen LogP contribution < -0.4 is 5.32 Å². The maximum absolute atomic E-state index is 11.8. The van der Waals surface area contributed by atoms with E-state index in [2.05, 4.69) is 21.9 Å². The van der Waals surface area contributed by atoms with E-state index in [1.807, 2.05) is 0 Å². The van der Waals surface area contributed by atoms with Gasteiger partial charge in [-0.25, -0.2) is 0 Å². The number of ether oxygens (including phenoxy) is 1. The first kappa shape index (κ1) is 15.7. The fourth-order valence-electron chi connectivity index (χ4n) is 2.22. The van der Waals surface area contributed by atoms with Gasteiger partial charge in [0.05, 0.1) is 0 Å². The molecule has 0 aromatic rings. The molecule has 0 radical (unpaired) electrons. The van der Waals surface area contributed by atoms with Gasteiger partial charge in [-0.2, -0.15) is 13.2 Å². The molecule has 1 rings (SSSR count). The van der Waals surface area contributed by atoms with Crippen molar-refractivity contribution >= 4 is 0 Å². The van der Waals surface area contributed by atoms with Crippen molar-refractivity contribution in [2.45, 2.75) is 38.4 Å². The highest BCUT2D eigenvalue weighted by molar-refractivity contribution is 4.77. The van der Waals surface area contributed by atoms with Gasteiger partial charge in [0.2, 0.25) is 0 Å². The lowest BCUT2D eigenvalue weighted by Crippen LogP contribution is -2.50. The van der Waals surface area contributed by atoms with Crippen molar-refractivity contribution in [2.24, 2.45) is 0 Å². The molecule has 1 unspecified atom stereocenters. The summed E-state index contributed by atoms with van der Waals surface area (Å²) in [5.74, 6) is 0. The summed E-state index contributed by atoms with van der Waals surface area (Å²) >= 11 is 0. The van der Waals surface area contributed by atoms with Crippen molar-refractivity contribution in [3.8, 4) is 0 Å². The topological polar surface area (TPSA) is 24.5 Å². The third kappa shape index (κ3) is 7.18. The van der Waals surface area contributed by atoms with E-state index < -0.39 is 12.8 Å². The van der Waals surface area contributed by atoms with Crippen molar-refractivity contribution < 1.29 is 17.9 Å². The average molecular weight is 268 g/mol. The molecule has 18 heavy (non-hydrogen) atoms. The minimum Gasteiger partial charge on any atom is -0.372 e. The number of halogens is 3. The van der Waals surface area contributed by atoms with Crippen molar-refractivity contribution in [1.29, 1.82) is 0 Å². The predicted molar refractivity (Wildman–Crippen MR) is 64.6 cm³/mol. The molecule has 3 nitrogen and oxygen atoms in total. The summed E-state index contributed by atoms with van der Waals surface area (Å²) in [5.41, 5.74) is 0. The minimum absolute atomic E-state index is 0.182. The average Bonchev–Trinajstić information content (AvgIpc) is 2.28. The number of alkyl halides is 3. The Kier molecular flexibility index (Phi) is 6.96. The zero-order valence-corrected chi connectivity index (χ0v) is 10.9. The zero-order valence-electron chi connectivity index (χ0n) is 10.9. The predicted octanol–water partition coefficient (Wildman–Crippen LogP) is 2.03. The third-order valence-electron chi connectivity index (χ3n) is 3.01. The fraction of sp³-hybridized carbons (Fsp3) is 1.00. The van der Waals surface area contributed by atoms with E-state index in [1.54, 1.807) is 0 Å². The number of nitrogens with zero attached hydrogens (tertiary/aromatic N) is 1. The molecular formula is C12H23F3N2O. The number of hydrogen-bond donors (Lipinski definition) is 1. The summed E-state index contributed by atoms with van der Waals surface area (Å²) in [6.07, 6.45) is -1.24. The van der Waals surface area contributed by atoms with Crippen molar-refractivity contribution in [3.05, 3.63) is 0 Å². The quantitative estimate of drug-likeness (QED) is 0.715. The second-order valence-electron chi connectivity index (χ2n) is 4.76. The first-order valence-corrected chi connectivity index (χ1v) is 6.61. The van der Waals surface area contributed by atoms with E-state index in [0.29, 0.717) is 12.5 Å². The van der Waals surface area contributed by atoms with Crippen LogP contribution in [0.1, 0.15) is 26.2 Å². The van der Waals surface area contributed by atoms with E-state index in [1.165, 1.54) is 0 Å². The Labute approximate surface area is 107 Å². The van der Waals surface area contributed by atoms with Gasteiger partial charge >= 0.3 is 6.18 Å². The van der Waals surface area contributed by atoms with Gasteiger partial charge in [0.1, 0.15) is 6.61 Å². The Balaban J connectivity index is 2.04. The molecule has 0 aromatic heterocycles. The molecule has 1 aliphatic rings. The molecule has 0 aromatic carbocycles. The third-order valence-corrected chi connectivity index (χ3v) is 3.01. The minimum atomic E-state index is -4.21. The molecule has 0 aliphatic carbocycles. The summed E-state index contributed by atoms with van der Waals surface area (Å²) in [4.78, 5) is 2.30. The van der Waals surface area contributed by atoms with Gasteiger partial charge in [-0.3, -0.25) is 0 Å². The Bertz CT molecular complexity index is 222. The highest BCUT2D eigenvalue weighted by Crippen LogP contribution is 2.14. The summed E-state index contributed by atoms with van der Waals surface area (Å²) in [6, 6.07) is 0.528. The lowest BCUT2D eigenvalue weighted by atomic mass is 10.1. The largest absolute Gasteiger partial charge is 0.411 e. The molecule has 108 valence electrons. The first-order valence-electron chi connectivity index (χ1n) is 6.61. The van der Waals surface area contributed by atoms with E-state index in [9.17, 15) is 13.2 Å². The van der Waals surface area contributed by atoms with Crippen LogP contribution in [0, 0.1) is 0 Å². The van der Waals surface area contributed by atoms with Crippen LogP contribution in [0.3, 0.4) is 0 Å². The monoisotopic (exact) mass is 268 g/mol. The van der Waals surface area contributed by atoms with E-state index in [0.717, 1.165) is 39.0 Å². The Morgan fingerprint density at radius 3 is 2.83 bits per heavy atom. The number of hydrogen-bond acceptors (Lipinski definition) is 3.